The molecule has 0 spiro atoms. The van der Waals surface area contributed by atoms with E-state index in [0.29, 0.717) is 32.5 Å². The van der Waals surface area contributed by atoms with Gasteiger partial charge in [0.25, 0.3) is 0 Å². The molecule has 0 saturated carbocycles. The molecule has 2 aliphatic heterocycles. The predicted octanol–water partition coefficient (Wildman–Crippen LogP) is 3.84. The summed E-state index contributed by atoms with van der Waals surface area (Å²) in [4.78, 5) is 41.9. The Morgan fingerprint density at radius 3 is 2.31 bits per heavy atom. The molecule has 1 unspecified atom stereocenters. The van der Waals surface area contributed by atoms with Gasteiger partial charge in [0.1, 0.15) is 0 Å². The van der Waals surface area contributed by atoms with E-state index < -0.39 is 0 Å². The molecule has 6 nitrogen and oxygen atoms in total. The zero-order valence-corrected chi connectivity index (χ0v) is 19.1. The van der Waals surface area contributed by atoms with E-state index in [-0.39, 0.29) is 36.0 Å². The van der Waals surface area contributed by atoms with Gasteiger partial charge < -0.3 is 15.1 Å². The van der Waals surface area contributed by atoms with E-state index in [4.69, 9.17) is 0 Å². The SMILES string of the molecule is Cc1ccc(N2CC(C(=O)N3CCC(C(=O)Nc4cccc(C)c4C)CC3)CC2=O)cc1. The molecular formula is C26H31N3O3. The van der Waals surface area contributed by atoms with Crippen molar-refractivity contribution in [2.45, 2.75) is 40.0 Å². The largest absolute Gasteiger partial charge is 0.342 e. The lowest BCUT2D eigenvalue weighted by Crippen LogP contribution is -2.44. The summed E-state index contributed by atoms with van der Waals surface area (Å²) in [7, 11) is 0. The fourth-order valence-corrected chi connectivity index (χ4v) is 4.59. The third kappa shape index (κ3) is 4.54. The molecule has 2 aromatic carbocycles. The van der Waals surface area contributed by atoms with Gasteiger partial charge in [0.15, 0.2) is 0 Å². The zero-order chi connectivity index (χ0) is 22.8. The van der Waals surface area contributed by atoms with Gasteiger partial charge in [-0.3, -0.25) is 14.4 Å². The van der Waals surface area contributed by atoms with Crippen LogP contribution in [0.5, 0.6) is 0 Å². The molecule has 1 N–H and O–H groups in total. The first-order chi connectivity index (χ1) is 15.3. The van der Waals surface area contributed by atoms with Gasteiger partial charge in [0.2, 0.25) is 17.7 Å². The predicted molar refractivity (Wildman–Crippen MR) is 125 cm³/mol. The highest BCUT2D eigenvalue weighted by atomic mass is 16.2. The van der Waals surface area contributed by atoms with E-state index in [9.17, 15) is 14.4 Å². The van der Waals surface area contributed by atoms with Crippen LogP contribution in [0.25, 0.3) is 0 Å². The molecule has 0 bridgehead atoms. The van der Waals surface area contributed by atoms with Crippen LogP contribution in [-0.2, 0) is 14.4 Å². The van der Waals surface area contributed by atoms with E-state index in [1.54, 1.807) is 4.90 Å². The van der Waals surface area contributed by atoms with Crippen molar-refractivity contribution in [3.8, 4) is 0 Å². The monoisotopic (exact) mass is 433 g/mol. The van der Waals surface area contributed by atoms with Crippen molar-refractivity contribution in [2.75, 3.05) is 29.9 Å². The molecule has 2 heterocycles. The molecule has 1 atom stereocenters. The molecule has 2 saturated heterocycles. The number of amides is 3. The Hall–Kier alpha value is -3.15. The summed E-state index contributed by atoms with van der Waals surface area (Å²) in [6, 6.07) is 13.7. The lowest BCUT2D eigenvalue weighted by molar-refractivity contribution is -0.138. The number of rotatable bonds is 4. The lowest BCUT2D eigenvalue weighted by Gasteiger charge is -2.33. The van der Waals surface area contributed by atoms with Crippen molar-refractivity contribution in [3.63, 3.8) is 0 Å². The van der Waals surface area contributed by atoms with Crippen molar-refractivity contribution >= 4 is 29.1 Å². The Balaban J connectivity index is 1.31. The first kappa shape index (κ1) is 22.1. The fraction of sp³-hybridized carbons (Fsp3) is 0.423. The Morgan fingerprint density at radius 2 is 1.62 bits per heavy atom. The molecule has 2 aliphatic rings. The van der Waals surface area contributed by atoms with Crippen LogP contribution >= 0.6 is 0 Å². The number of piperidine rings is 1. The summed E-state index contributed by atoms with van der Waals surface area (Å²) in [5.74, 6) is -0.374. The molecule has 0 radical (unpaired) electrons. The Kier molecular flexibility index (Phi) is 6.31. The van der Waals surface area contributed by atoms with Gasteiger partial charge in [-0.05, 0) is 62.9 Å². The number of nitrogens with zero attached hydrogens (tertiary/aromatic N) is 2. The fourth-order valence-electron chi connectivity index (χ4n) is 4.59. The van der Waals surface area contributed by atoms with Crippen LogP contribution in [0.2, 0.25) is 0 Å². The third-order valence-electron chi connectivity index (χ3n) is 6.86. The summed E-state index contributed by atoms with van der Waals surface area (Å²) in [6.07, 6.45) is 1.54. The number of benzene rings is 2. The number of hydrogen-bond donors (Lipinski definition) is 1. The first-order valence-corrected chi connectivity index (χ1v) is 11.4. The van der Waals surface area contributed by atoms with Crippen LogP contribution in [-0.4, -0.2) is 42.3 Å². The average Bonchev–Trinajstić information content (AvgIpc) is 3.18. The third-order valence-corrected chi connectivity index (χ3v) is 6.86. The lowest BCUT2D eigenvalue weighted by atomic mass is 9.94. The highest BCUT2D eigenvalue weighted by Crippen LogP contribution is 2.29. The van der Waals surface area contributed by atoms with Crippen LogP contribution in [0.1, 0.15) is 36.0 Å². The molecule has 6 heteroatoms. The van der Waals surface area contributed by atoms with Gasteiger partial charge >= 0.3 is 0 Å². The minimum atomic E-state index is -0.316. The topological polar surface area (TPSA) is 69.7 Å². The first-order valence-electron chi connectivity index (χ1n) is 11.4. The smallest absolute Gasteiger partial charge is 0.228 e. The molecule has 168 valence electrons. The quantitative estimate of drug-likeness (QED) is 0.796. The minimum absolute atomic E-state index is 0.00464. The Bertz CT molecular complexity index is 1020. The van der Waals surface area contributed by atoms with Crippen LogP contribution in [0.3, 0.4) is 0 Å². The molecule has 3 amide bonds. The van der Waals surface area contributed by atoms with Crippen LogP contribution in [0.4, 0.5) is 11.4 Å². The molecule has 0 aliphatic carbocycles. The number of carbonyl (C=O) groups is 3. The van der Waals surface area contributed by atoms with E-state index in [1.165, 1.54) is 0 Å². The maximum absolute atomic E-state index is 13.1. The second-order valence-electron chi connectivity index (χ2n) is 9.08. The standard InChI is InChI=1S/C26H31N3O3/c1-17-7-9-22(10-8-17)29-16-21(15-24(29)30)26(32)28-13-11-20(12-14-28)25(31)27-23-6-4-5-18(2)19(23)3/h4-10,20-21H,11-16H2,1-3H3,(H,27,31). The van der Waals surface area contributed by atoms with E-state index in [0.717, 1.165) is 28.1 Å². The van der Waals surface area contributed by atoms with Gasteiger partial charge in [0, 0.05) is 43.3 Å². The van der Waals surface area contributed by atoms with Crippen molar-refractivity contribution in [1.29, 1.82) is 0 Å². The Labute approximate surface area is 189 Å². The maximum atomic E-state index is 13.1. The second kappa shape index (κ2) is 9.15. The van der Waals surface area contributed by atoms with E-state index in [1.807, 2.05) is 68.1 Å². The van der Waals surface area contributed by atoms with E-state index >= 15 is 0 Å². The molecular weight excluding hydrogens is 402 g/mol. The summed E-state index contributed by atoms with van der Waals surface area (Å²) in [5.41, 5.74) is 5.07. The molecule has 0 aromatic heterocycles. The van der Waals surface area contributed by atoms with Crippen LogP contribution in [0.15, 0.2) is 42.5 Å². The second-order valence-corrected chi connectivity index (χ2v) is 9.08. The number of aryl methyl sites for hydroxylation is 2. The summed E-state index contributed by atoms with van der Waals surface area (Å²) < 4.78 is 0. The highest BCUT2D eigenvalue weighted by molar-refractivity contribution is 6.00. The molecule has 2 fully saturated rings. The number of anilines is 2. The molecule has 4 rings (SSSR count). The van der Waals surface area contributed by atoms with Gasteiger partial charge in [-0.1, -0.05) is 29.8 Å². The number of nitrogens with one attached hydrogen (secondary N) is 1. The zero-order valence-electron chi connectivity index (χ0n) is 19.1. The summed E-state index contributed by atoms with van der Waals surface area (Å²) in [5, 5.41) is 3.06. The number of hydrogen-bond acceptors (Lipinski definition) is 3. The maximum Gasteiger partial charge on any atom is 0.228 e. The molecule has 32 heavy (non-hydrogen) atoms. The van der Waals surface area contributed by atoms with Gasteiger partial charge in [-0.25, -0.2) is 0 Å². The summed E-state index contributed by atoms with van der Waals surface area (Å²) in [6.45, 7) is 7.58. The minimum Gasteiger partial charge on any atom is -0.342 e. The van der Waals surface area contributed by atoms with E-state index in [2.05, 4.69) is 5.32 Å². The van der Waals surface area contributed by atoms with Gasteiger partial charge in [-0.2, -0.15) is 0 Å². The average molecular weight is 434 g/mol. The van der Waals surface area contributed by atoms with Gasteiger partial charge in [-0.15, -0.1) is 0 Å². The van der Waals surface area contributed by atoms with Crippen molar-refractivity contribution in [2.24, 2.45) is 11.8 Å². The molecule has 2 aromatic rings. The normalized spacial score (nSPS) is 19.3. The van der Waals surface area contributed by atoms with Gasteiger partial charge in [0.05, 0.1) is 5.92 Å². The number of carbonyl (C=O) groups excluding carboxylic acids is 3. The van der Waals surface area contributed by atoms with Crippen molar-refractivity contribution in [3.05, 3.63) is 59.2 Å². The van der Waals surface area contributed by atoms with Crippen LogP contribution in [0, 0.1) is 32.6 Å². The van der Waals surface area contributed by atoms with Crippen molar-refractivity contribution in [1.82, 2.24) is 4.90 Å². The van der Waals surface area contributed by atoms with Crippen LogP contribution < -0.4 is 10.2 Å². The van der Waals surface area contributed by atoms with Crippen molar-refractivity contribution < 1.29 is 14.4 Å². The Morgan fingerprint density at radius 1 is 0.938 bits per heavy atom. The summed E-state index contributed by atoms with van der Waals surface area (Å²) >= 11 is 0. The number of likely N-dealkylation sites (tertiary alicyclic amines) is 1. The highest BCUT2D eigenvalue weighted by Gasteiger charge is 2.38.